The number of halogens is 1. The van der Waals surface area contributed by atoms with Crippen molar-refractivity contribution in [1.29, 1.82) is 0 Å². The van der Waals surface area contributed by atoms with Crippen LogP contribution < -0.4 is 0 Å². The highest BCUT2D eigenvalue weighted by Crippen LogP contribution is 2.40. The first kappa shape index (κ1) is 10.6. The van der Waals surface area contributed by atoms with Crippen LogP contribution in [0.25, 0.3) is 0 Å². The fourth-order valence-electron chi connectivity index (χ4n) is 2.39. The van der Waals surface area contributed by atoms with Crippen molar-refractivity contribution >= 4 is 0 Å². The fourth-order valence-corrected chi connectivity index (χ4v) is 2.39. The lowest BCUT2D eigenvalue weighted by molar-refractivity contribution is 0.169. The summed E-state index contributed by atoms with van der Waals surface area (Å²) in [4.78, 5) is 2.35. The minimum absolute atomic E-state index is 0.134. The predicted molar refractivity (Wildman–Crippen MR) is 60.2 cm³/mol. The normalized spacial score (nSPS) is 25.7. The van der Waals surface area contributed by atoms with E-state index in [0.717, 1.165) is 12.0 Å². The maximum atomic E-state index is 13.1. The second-order valence-corrected chi connectivity index (χ2v) is 5.03. The summed E-state index contributed by atoms with van der Waals surface area (Å²) in [7, 11) is 2.13. The third kappa shape index (κ3) is 1.91. The zero-order chi connectivity index (χ0) is 11.1. The Balaban J connectivity index is 2.26. The van der Waals surface area contributed by atoms with Gasteiger partial charge in [-0.3, -0.25) is 4.90 Å². The monoisotopic (exact) mass is 207 g/mol. The molecule has 1 heterocycles. The van der Waals surface area contributed by atoms with Gasteiger partial charge >= 0.3 is 0 Å². The quantitative estimate of drug-likeness (QED) is 0.682. The number of hydrogen-bond donors (Lipinski definition) is 0. The Morgan fingerprint density at radius 3 is 2.67 bits per heavy atom. The molecule has 15 heavy (non-hydrogen) atoms. The molecule has 0 N–H and O–H groups in total. The van der Waals surface area contributed by atoms with Gasteiger partial charge in [-0.05, 0) is 51.4 Å². The molecular weight excluding hydrogens is 189 g/mol. The van der Waals surface area contributed by atoms with Gasteiger partial charge in [0, 0.05) is 11.6 Å². The summed E-state index contributed by atoms with van der Waals surface area (Å²) < 4.78 is 13.1. The molecule has 1 fully saturated rings. The Morgan fingerprint density at radius 2 is 2.13 bits per heavy atom. The van der Waals surface area contributed by atoms with E-state index in [1.165, 1.54) is 12.5 Å². The first-order chi connectivity index (χ1) is 7.00. The number of benzene rings is 1. The average molecular weight is 207 g/mol. The largest absolute Gasteiger partial charge is 0.294 e. The van der Waals surface area contributed by atoms with Gasteiger partial charge in [-0.15, -0.1) is 0 Å². The van der Waals surface area contributed by atoms with Crippen LogP contribution in [0, 0.1) is 5.82 Å². The molecule has 1 nitrogen and oxygen atoms in total. The first-order valence-corrected chi connectivity index (χ1v) is 5.49. The summed E-state index contributed by atoms with van der Waals surface area (Å²) in [5.74, 6) is -0.134. The van der Waals surface area contributed by atoms with Crippen molar-refractivity contribution in [2.24, 2.45) is 0 Å². The summed E-state index contributed by atoms with van der Waals surface area (Å²) in [6.45, 7) is 4.48. The number of likely N-dealkylation sites (tertiary alicyclic amines) is 1. The van der Waals surface area contributed by atoms with Gasteiger partial charge in [-0.25, -0.2) is 4.39 Å². The van der Waals surface area contributed by atoms with E-state index in [1.807, 2.05) is 6.07 Å². The van der Waals surface area contributed by atoms with Gasteiger partial charge < -0.3 is 0 Å². The first-order valence-electron chi connectivity index (χ1n) is 5.49. The van der Waals surface area contributed by atoms with E-state index < -0.39 is 0 Å². The minimum Gasteiger partial charge on any atom is -0.294 e. The topological polar surface area (TPSA) is 3.24 Å². The van der Waals surface area contributed by atoms with E-state index in [4.69, 9.17) is 0 Å². The standard InChI is InChI=1S/C13H18FN/c1-13(2)8-7-12(15(13)3)10-5-4-6-11(14)9-10/h4-6,9,12H,7-8H2,1-3H3. The van der Waals surface area contributed by atoms with Gasteiger partial charge in [0.15, 0.2) is 0 Å². The minimum atomic E-state index is -0.134. The van der Waals surface area contributed by atoms with E-state index in [1.54, 1.807) is 12.1 Å². The molecule has 1 aromatic carbocycles. The van der Waals surface area contributed by atoms with Gasteiger partial charge in [-0.2, -0.15) is 0 Å². The van der Waals surface area contributed by atoms with E-state index in [-0.39, 0.29) is 11.4 Å². The van der Waals surface area contributed by atoms with Crippen molar-refractivity contribution in [3.63, 3.8) is 0 Å². The lowest BCUT2D eigenvalue weighted by Gasteiger charge is -2.32. The Morgan fingerprint density at radius 1 is 1.40 bits per heavy atom. The van der Waals surface area contributed by atoms with Crippen LogP contribution in [-0.4, -0.2) is 17.5 Å². The van der Waals surface area contributed by atoms with Crippen LogP contribution in [0.3, 0.4) is 0 Å². The highest BCUT2D eigenvalue weighted by atomic mass is 19.1. The molecule has 0 radical (unpaired) electrons. The molecule has 0 amide bonds. The molecule has 1 unspecified atom stereocenters. The number of nitrogens with zero attached hydrogens (tertiary/aromatic N) is 1. The van der Waals surface area contributed by atoms with Crippen LogP contribution in [0.4, 0.5) is 4.39 Å². The van der Waals surface area contributed by atoms with E-state index in [2.05, 4.69) is 25.8 Å². The van der Waals surface area contributed by atoms with Gasteiger partial charge in [0.2, 0.25) is 0 Å². The molecule has 0 saturated carbocycles. The van der Waals surface area contributed by atoms with Crippen LogP contribution in [0.15, 0.2) is 24.3 Å². The molecule has 0 bridgehead atoms. The van der Waals surface area contributed by atoms with Gasteiger partial charge in [-0.1, -0.05) is 12.1 Å². The molecule has 0 aliphatic carbocycles. The molecule has 1 aliphatic rings. The van der Waals surface area contributed by atoms with Crippen LogP contribution in [-0.2, 0) is 0 Å². The van der Waals surface area contributed by atoms with Crippen molar-refractivity contribution in [1.82, 2.24) is 4.90 Å². The zero-order valence-corrected chi connectivity index (χ0v) is 9.63. The van der Waals surface area contributed by atoms with E-state index >= 15 is 0 Å². The van der Waals surface area contributed by atoms with Crippen LogP contribution in [0.5, 0.6) is 0 Å². The highest BCUT2D eigenvalue weighted by Gasteiger charge is 2.37. The summed E-state index contributed by atoms with van der Waals surface area (Å²) in [6.07, 6.45) is 2.29. The highest BCUT2D eigenvalue weighted by molar-refractivity contribution is 5.22. The summed E-state index contributed by atoms with van der Waals surface area (Å²) >= 11 is 0. The second-order valence-electron chi connectivity index (χ2n) is 5.03. The number of rotatable bonds is 1. The SMILES string of the molecule is CN1C(c2cccc(F)c2)CCC1(C)C. The Labute approximate surface area is 90.9 Å². The van der Waals surface area contributed by atoms with Gasteiger partial charge in [0.05, 0.1) is 0 Å². The number of hydrogen-bond acceptors (Lipinski definition) is 1. The van der Waals surface area contributed by atoms with Crippen molar-refractivity contribution in [3.8, 4) is 0 Å². The molecule has 1 saturated heterocycles. The average Bonchev–Trinajstić information content (AvgIpc) is 2.42. The van der Waals surface area contributed by atoms with Crippen LogP contribution in [0.1, 0.15) is 38.3 Å². The molecule has 82 valence electrons. The van der Waals surface area contributed by atoms with Crippen molar-refractivity contribution < 1.29 is 4.39 Å². The van der Waals surface area contributed by atoms with Crippen molar-refractivity contribution in [2.75, 3.05) is 7.05 Å². The van der Waals surface area contributed by atoms with Crippen LogP contribution >= 0.6 is 0 Å². The Bertz CT molecular complexity index is 359. The van der Waals surface area contributed by atoms with Gasteiger partial charge in [0.25, 0.3) is 0 Å². The molecule has 1 atom stereocenters. The molecule has 0 aromatic heterocycles. The lowest BCUT2D eigenvalue weighted by atomic mass is 10.0. The maximum Gasteiger partial charge on any atom is 0.123 e. The molecule has 0 spiro atoms. The third-order valence-electron chi connectivity index (χ3n) is 3.69. The van der Waals surface area contributed by atoms with E-state index in [0.29, 0.717) is 6.04 Å². The van der Waals surface area contributed by atoms with Crippen molar-refractivity contribution in [3.05, 3.63) is 35.6 Å². The molecule has 2 rings (SSSR count). The van der Waals surface area contributed by atoms with E-state index in [9.17, 15) is 4.39 Å². The summed E-state index contributed by atoms with van der Waals surface area (Å²) in [5, 5.41) is 0. The molecule has 1 aliphatic heterocycles. The van der Waals surface area contributed by atoms with Crippen molar-refractivity contribution in [2.45, 2.75) is 38.3 Å². The molecular formula is C13H18FN. The predicted octanol–water partition coefficient (Wildman–Crippen LogP) is 3.37. The maximum absolute atomic E-state index is 13.1. The summed E-state index contributed by atoms with van der Waals surface area (Å²) in [5.41, 5.74) is 1.33. The zero-order valence-electron chi connectivity index (χ0n) is 9.63. The smallest absolute Gasteiger partial charge is 0.123 e. The van der Waals surface area contributed by atoms with Crippen LogP contribution in [0.2, 0.25) is 0 Å². The Hall–Kier alpha value is -0.890. The molecule has 2 heteroatoms. The molecule has 1 aromatic rings. The summed E-state index contributed by atoms with van der Waals surface area (Å²) in [6, 6.07) is 7.34. The third-order valence-corrected chi connectivity index (χ3v) is 3.69. The lowest BCUT2D eigenvalue weighted by Crippen LogP contribution is -2.36. The fraction of sp³-hybridized carbons (Fsp3) is 0.538. The second kappa shape index (κ2) is 3.60. The van der Waals surface area contributed by atoms with Gasteiger partial charge in [0.1, 0.15) is 5.82 Å². The Kier molecular flexibility index (Phi) is 2.55.